The number of H-pyrrole nitrogens is 1. The summed E-state index contributed by atoms with van der Waals surface area (Å²) in [6, 6.07) is 5.01. The van der Waals surface area contributed by atoms with Crippen LogP contribution in [-0.4, -0.2) is 29.9 Å². The summed E-state index contributed by atoms with van der Waals surface area (Å²) >= 11 is 0.842. The Morgan fingerprint density at radius 1 is 1.32 bits per heavy atom. The fourth-order valence-corrected chi connectivity index (χ4v) is 2.56. The Morgan fingerprint density at radius 3 is 2.64 bits per heavy atom. The molecule has 25 heavy (non-hydrogen) atoms. The molecule has 2 N–H and O–H groups in total. The summed E-state index contributed by atoms with van der Waals surface area (Å²) in [6.45, 7) is 0.400. The van der Waals surface area contributed by atoms with Crippen LogP contribution in [0.3, 0.4) is 0 Å². The van der Waals surface area contributed by atoms with E-state index in [2.05, 4.69) is 21.5 Å². The number of nitrogens with zero attached hydrogens (tertiary/aromatic N) is 2. The SMILES string of the molecule is CN(C)CC#Cc1cc(Nc2s[nH]c(=O)c2C#N)cc(C(F)(F)F)c1. The topological polar surface area (TPSA) is 71.9 Å². The molecule has 0 spiro atoms. The van der Waals surface area contributed by atoms with E-state index in [9.17, 15) is 18.0 Å². The number of aromatic amines is 1. The molecule has 0 radical (unpaired) electrons. The maximum absolute atomic E-state index is 13.1. The Balaban J connectivity index is 2.44. The van der Waals surface area contributed by atoms with Crippen molar-refractivity contribution in [3.63, 3.8) is 0 Å². The van der Waals surface area contributed by atoms with Gasteiger partial charge in [0.25, 0.3) is 5.56 Å². The second-order valence-corrected chi connectivity index (χ2v) is 6.13. The van der Waals surface area contributed by atoms with E-state index in [1.807, 2.05) is 0 Å². The predicted octanol–water partition coefficient (Wildman–Crippen LogP) is 2.98. The highest BCUT2D eigenvalue weighted by atomic mass is 32.1. The number of halogens is 3. The van der Waals surface area contributed by atoms with E-state index in [1.165, 1.54) is 6.07 Å². The van der Waals surface area contributed by atoms with Gasteiger partial charge in [0.05, 0.1) is 12.1 Å². The summed E-state index contributed by atoms with van der Waals surface area (Å²) in [5.41, 5.74) is -1.36. The van der Waals surface area contributed by atoms with Crippen LogP contribution in [0.25, 0.3) is 0 Å². The smallest absolute Gasteiger partial charge is 0.345 e. The Labute approximate surface area is 145 Å². The van der Waals surface area contributed by atoms with Crippen molar-refractivity contribution in [1.82, 2.24) is 9.27 Å². The van der Waals surface area contributed by atoms with Gasteiger partial charge in [-0.2, -0.15) is 18.4 Å². The minimum atomic E-state index is -4.54. The molecule has 0 aliphatic rings. The van der Waals surface area contributed by atoms with Crippen molar-refractivity contribution in [3.8, 4) is 17.9 Å². The second kappa shape index (κ2) is 7.43. The molecule has 0 atom stereocenters. The van der Waals surface area contributed by atoms with Crippen LogP contribution in [0, 0.1) is 23.2 Å². The van der Waals surface area contributed by atoms with Gasteiger partial charge in [-0.3, -0.25) is 14.1 Å². The zero-order chi connectivity index (χ0) is 18.6. The van der Waals surface area contributed by atoms with Crippen LogP contribution in [0.15, 0.2) is 23.0 Å². The van der Waals surface area contributed by atoms with Gasteiger partial charge in [0.2, 0.25) is 0 Å². The summed E-state index contributed by atoms with van der Waals surface area (Å²) in [6.07, 6.45) is -4.54. The third-order valence-corrected chi connectivity index (χ3v) is 3.76. The summed E-state index contributed by atoms with van der Waals surface area (Å²) in [5.74, 6) is 5.46. The number of anilines is 2. The zero-order valence-electron chi connectivity index (χ0n) is 13.3. The maximum Gasteiger partial charge on any atom is 0.416 e. The van der Waals surface area contributed by atoms with Crippen LogP contribution in [0.4, 0.5) is 23.9 Å². The second-order valence-electron chi connectivity index (χ2n) is 5.31. The summed E-state index contributed by atoms with van der Waals surface area (Å²) in [5, 5.41) is 11.8. The van der Waals surface area contributed by atoms with Gasteiger partial charge in [0, 0.05) is 11.3 Å². The molecule has 5 nitrogen and oxygen atoms in total. The normalized spacial score (nSPS) is 10.9. The minimum absolute atomic E-state index is 0.0933. The molecule has 1 heterocycles. The van der Waals surface area contributed by atoms with E-state index in [1.54, 1.807) is 25.1 Å². The van der Waals surface area contributed by atoms with E-state index in [4.69, 9.17) is 5.26 Å². The molecule has 0 aliphatic heterocycles. The lowest BCUT2D eigenvalue weighted by Gasteiger charge is -2.11. The maximum atomic E-state index is 13.1. The highest BCUT2D eigenvalue weighted by molar-refractivity contribution is 7.10. The summed E-state index contributed by atoms with van der Waals surface area (Å²) < 4.78 is 41.6. The van der Waals surface area contributed by atoms with Gasteiger partial charge in [-0.15, -0.1) is 0 Å². The number of rotatable bonds is 3. The molecule has 0 saturated carbocycles. The van der Waals surface area contributed by atoms with Crippen LogP contribution in [0.2, 0.25) is 0 Å². The molecule has 0 aliphatic carbocycles. The number of hydrogen-bond donors (Lipinski definition) is 2. The molecule has 0 saturated heterocycles. The van der Waals surface area contributed by atoms with Crippen LogP contribution in [0.5, 0.6) is 0 Å². The number of benzene rings is 1. The first-order chi connectivity index (χ1) is 11.7. The van der Waals surface area contributed by atoms with Crippen molar-refractivity contribution in [3.05, 3.63) is 45.2 Å². The van der Waals surface area contributed by atoms with E-state index >= 15 is 0 Å². The molecule has 2 aromatic rings. The van der Waals surface area contributed by atoms with Crippen molar-refractivity contribution in [2.24, 2.45) is 0 Å². The monoisotopic (exact) mass is 366 g/mol. The summed E-state index contributed by atoms with van der Waals surface area (Å²) in [4.78, 5) is 13.2. The number of alkyl halides is 3. The average Bonchev–Trinajstić information content (AvgIpc) is 2.85. The molecule has 1 aromatic carbocycles. The largest absolute Gasteiger partial charge is 0.416 e. The lowest BCUT2D eigenvalue weighted by Crippen LogP contribution is -2.11. The Bertz CT molecular complexity index is 926. The highest BCUT2D eigenvalue weighted by Gasteiger charge is 2.31. The standard InChI is InChI=1S/C16H13F3N4OS/c1-23(2)5-3-4-10-6-11(16(17,18)19)8-12(7-10)21-15-13(9-20)14(24)22-25-15/h6-8,21H,5H2,1-2H3,(H,22,24). The first-order valence-corrected chi connectivity index (χ1v) is 7.77. The zero-order valence-corrected chi connectivity index (χ0v) is 14.1. The van der Waals surface area contributed by atoms with Gasteiger partial charge in [0.1, 0.15) is 11.1 Å². The molecule has 9 heteroatoms. The van der Waals surface area contributed by atoms with Crippen LogP contribution in [-0.2, 0) is 6.18 Å². The van der Waals surface area contributed by atoms with Crippen LogP contribution < -0.4 is 10.9 Å². The summed E-state index contributed by atoms with van der Waals surface area (Å²) in [7, 11) is 3.59. The van der Waals surface area contributed by atoms with Gasteiger partial charge in [0.15, 0.2) is 5.56 Å². The molecular formula is C16H13F3N4OS. The number of nitriles is 1. The van der Waals surface area contributed by atoms with Gasteiger partial charge in [-0.25, -0.2) is 0 Å². The first-order valence-electron chi connectivity index (χ1n) is 6.95. The molecule has 0 fully saturated rings. The third kappa shape index (κ3) is 4.86. The van der Waals surface area contributed by atoms with Gasteiger partial charge < -0.3 is 5.32 Å². The fraction of sp³-hybridized carbons (Fsp3) is 0.250. The molecule has 0 bridgehead atoms. The number of nitrogens with one attached hydrogen (secondary N) is 2. The van der Waals surface area contributed by atoms with E-state index in [-0.39, 0.29) is 21.8 Å². The van der Waals surface area contributed by atoms with Crippen molar-refractivity contribution < 1.29 is 13.2 Å². The van der Waals surface area contributed by atoms with Crippen LogP contribution in [0.1, 0.15) is 16.7 Å². The van der Waals surface area contributed by atoms with Crippen molar-refractivity contribution in [2.45, 2.75) is 6.18 Å². The third-order valence-electron chi connectivity index (χ3n) is 2.96. The predicted molar refractivity (Wildman–Crippen MR) is 89.8 cm³/mol. The van der Waals surface area contributed by atoms with E-state index < -0.39 is 17.3 Å². The Hall–Kier alpha value is -2.75. The van der Waals surface area contributed by atoms with Gasteiger partial charge in [-0.1, -0.05) is 11.8 Å². The molecule has 2 rings (SSSR count). The molecule has 1 aromatic heterocycles. The lowest BCUT2D eigenvalue weighted by atomic mass is 10.1. The van der Waals surface area contributed by atoms with E-state index in [0.29, 0.717) is 6.54 Å². The molecule has 0 amide bonds. The average molecular weight is 366 g/mol. The van der Waals surface area contributed by atoms with Gasteiger partial charge in [-0.05, 0) is 43.8 Å². The number of aromatic nitrogens is 1. The highest BCUT2D eigenvalue weighted by Crippen LogP contribution is 2.33. The van der Waals surface area contributed by atoms with E-state index in [0.717, 1.165) is 23.7 Å². The minimum Gasteiger partial charge on any atom is -0.345 e. The quantitative estimate of drug-likeness (QED) is 0.820. The van der Waals surface area contributed by atoms with Crippen LogP contribution >= 0.6 is 11.5 Å². The van der Waals surface area contributed by atoms with Crippen molar-refractivity contribution in [1.29, 1.82) is 5.26 Å². The Morgan fingerprint density at radius 2 is 2.04 bits per heavy atom. The van der Waals surface area contributed by atoms with Crippen molar-refractivity contribution >= 4 is 22.2 Å². The lowest BCUT2D eigenvalue weighted by molar-refractivity contribution is -0.137. The molecule has 0 unspecified atom stereocenters. The molecular weight excluding hydrogens is 353 g/mol. The van der Waals surface area contributed by atoms with Gasteiger partial charge >= 0.3 is 6.18 Å². The first kappa shape index (κ1) is 18.6. The molecule has 130 valence electrons. The fourth-order valence-electron chi connectivity index (χ4n) is 1.86. The van der Waals surface area contributed by atoms with Crippen molar-refractivity contribution in [2.75, 3.05) is 26.0 Å². The number of hydrogen-bond acceptors (Lipinski definition) is 5. The Kier molecular flexibility index (Phi) is 5.52.